The molecule has 2 rings (SSSR count). The van der Waals surface area contributed by atoms with Gasteiger partial charge in [0.1, 0.15) is 0 Å². The molecule has 21 heavy (non-hydrogen) atoms. The van der Waals surface area contributed by atoms with Gasteiger partial charge in [-0.2, -0.15) is 0 Å². The van der Waals surface area contributed by atoms with Gasteiger partial charge in [0.2, 0.25) is 5.91 Å². The zero-order chi connectivity index (χ0) is 15.4. The monoisotopic (exact) mass is 289 g/mol. The van der Waals surface area contributed by atoms with Crippen LogP contribution in [0, 0.1) is 6.92 Å². The maximum Gasteiger partial charge on any atom is 0.236 e. The molecule has 1 aliphatic heterocycles. The van der Waals surface area contributed by atoms with Crippen LogP contribution in [0.25, 0.3) is 0 Å². The minimum Gasteiger partial charge on any atom is -0.338 e. The maximum atomic E-state index is 12.4. The number of hydrogen-bond donors (Lipinski definition) is 1. The Bertz CT molecular complexity index is 463. The van der Waals surface area contributed by atoms with Crippen LogP contribution in [0.5, 0.6) is 0 Å². The lowest BCUT2D eigenvalue weighted by Gasteiger charge is -2.32. The number of rotatable bonds is 4. The Morgan fingerprint density at radius 3 is 2.48 bits per heavy atom. The fraction of sp³-hybridized carbons (Fsp3) is 0.588. The maximum absolute atomic E-state index is 12.4. The molecule has 1 aromatic carbocycles. The predicted octanol–water partition coefficient (Wildman–Crippen LogP) is 1.94. The van der Waals surface area contributed by atoms with E-state index in [9.17, 15) is 4.79 Å². The van der Waals surface area contributed by atoms with Crippen molar-refractivity contribution in [3.05, 3.63) is 35.4 Å². The fourth-order valence-corrected chi connectivity index (χ4v) is 2.70. The molecule has 0 radical (unpaired) electrons. The highest BCUT2D eigenvalue weighted by molar-refractivity contribution is 5.78. The molecule has 1 amide bonds. The smallest absolute Gasteiger partial charge is 0.236 e. The number of piperidine rings is 1. The van der Waals surface area contributed by atoms with Gasteiger partial charge < -0.3 is 10.6 Å². The van der Waals surface area contributed by atoms with Gasteiger partial charge >= 0.3 is 0 Å². The Balaban J connectivity index is 1.90. The molecule has 1 aliphatic rings. The lowest BCUT2D eigenvalue weighted by atomic mass is 10.0. The van der Waals surface area contributed by atoms with Crippen LogP contribution in [0.15, 0.2) is 24.3 Å². The zero-order valence-corrected chi connectivity index (χ0v) is 13.4. The summed E-state index contributed by atoms with van der Waals surface area (Å²) >= 11 is 0. The van der Waals surface area contributed by atoms with E-state index in [1.54, 1.807) is 0 Å². The Hall–Kier alpha value is -1.39. The number of likely N-dealkylation sites (tertiary alicyclic amines) is 1. The second kappa shape index (κ2) is 7.05. The summed E-state index contributed by atoms with van der Waals surface area (Å²) in [4.78, 5) is 16.5. The number of carbonyl (C=O) groups excluding carboxylic acids is 1. The lowest BCUT2D eigenvalue weighted by Crippen LogP contribution is -2.45. The van der Waals surface area contributed by atoms with Gasteiger partial charge in [-0.1, -0.05) is 29.8 Å². The molecular formula is C17H27N3O. The summed E-state index contributed by atoms with van der Waals surface area (Å²) < 4.78 is 0. The average Bonchev–Trinajstić information content (AvgIpc) is 2.49. The summed E-state index contributed by atoms with van der Waals surface area (Å²) in [5, 5.41) is 0. The molecule has 4 heteroatoms. The molecular weight excluding hydrogens is 262 g/mol. The fourth-order valence-electron chi connectivity index (χ4n) is 2.70. The number of nitrogens with zero attached hydrogens (tertiary/aromatic N) is 2. The van der Waals surface area contributed by atoms with Crippen molar-refractivity contribution in [2.24, 2.45) is 5.73 Å². The Labute approximate surface area is 127 Å². The van der Waals surface area contributed by atoms with E-state index in [-0.39, 0.29) is 11.9 Å². The van der Waals surface area contributed by atoms with E-state index >= 15 is 0 Å². The van der Waals surface area contributed by atoms with Gasteiger partial charge in [0, 0.05) is 26.2 Å². The van der Waals surface area contributed by atoms with Crippen LogP contribution < -0.4 is 5.73 Å². The van der Waals surface area contributed by atoms with Gasteiger partial charge in [-0.05, 0) is 32.3 Å². The van der Waals surface area contributed by atoms with Crippen molar-refractivity contribution in [1.29, 1.82) is 0 Å². The van der Waals surface area contributed by atoms with E-state index in [1.165, 1.54) is 11.1 Å². The summed E-state index contributed by atoms with van der Waals surface area (Å²) in [6.07, 6.45) is 1.98. The van der Waals surface area contributed by atoms with Gasteiger partial charge in [0.15, 0.2) is 0 Å². The molecule has 0 aliphatic carbocycles. The summed E-state index contributed by atoms with van der Waals surface area (Å²) in [6, 6.07) is 8.80. The van der Waals surface area contributed by atoms with Crippen LogP contribution in [-0.4, -0.2) is 48.4 Å². The minimum absolute atomic E-state index is 0.102. The van der Waals surface area contributed by atoms with Crippen molar-refractivity contribution in [3.63, 3.8) is 0 Å². The number of likely N-dealkylation sites (N-methyl/N-ethyl adjacent to an activating group) is 1. The van der Waals surface area contributed by atoms with Crippen LogP contribution in [-0.2, 0) is 4.79 Å². The van der Waals surface area contributed by atoms with Crippen molar-refractivity contribution in [3.8, 4) is 0 Å². The van der Waals surface area contributed by atoms with E-state index in [1.807, 2.05) is 11.9 Å². The highest BCUT2D eigenvalue weighted by atomic mass is 16.2. The van der Waals surface area contributed by atoms with E-state index in [0.717, 1.165) is 25.9 Å². The van der Waals surface area contributed by atoms with E-state index in [2.05, 4.69) is 43.0 Å². The molecule has 2 N–H and O–H groups in total. The Morgan fingerprint density at radius 1 is 1.33 bits per heavy atom. The highest BCUT2D eigenvalue weighted by Crippen LogP contribution is 2.19. The SMILES string of the molecule is Cc1ccc(C(C)N(C)C(=O)CN2CCC(N)CC2)cc1. The average molecular weight is 289 g/mol. The summed E-state index contributed by atoms with van der Waals surface area (Å²) in [7, 11) is 1.89. The van der Waals surface area contributed by atoms with Crippen molar-refractivity contribution >= 4 is 5.91 Å². The number of nitrogens with two attached hydrogens (primary N) is 1. The minimum atomic E-state index is 0.102. The second-order valence-electron chi connectivity index (χ2n) is 6.20. The third kappa shape index (κ3) is 4.29. The van der Waals surface area contributed by atoms with E-state index < -0.39 is 0 Å². The van der Waals surface area contributed by atoms with Crippen LogP contribution in [0.3, 0.4) is 0 Å². The Morgan fingerprint density at radius 2 is 1.90 bits per heavy atom. The van der Waals surface area contributed by atoms with Crippen molar-refractivity contribution < 1.29 is 4.79 Å². The number of carbonyl (C=O) groups is 1. The number of hydrogen-bond acceptors (Lipinski definition) is 3. The van der Waals surface area contributed by atoms with Gasteiger partial charge in [-0.3, -0.25) is 9.69 Å². The summed E-state index contributed by atoms with van der Waals surface area (Å²) in [6.45, 7) is 6.51. The summed E-state index contributed by atoms with van der Waals surface area (Å²) in [5.74, 6) is 0.179. The predicted molar refractivity (Wildman–Crippen MR) is 86.0 cm³/mol. The normalized spacial score (nSPS) is 18.5. The second-order valence-corrected chi connectivity index (χ2v) is 6.20. The number of benzene rings is 1. The first-order valence-corrected chi connectivity index (χ1v) is 7.77. The van der Waals surface area contributed by atoms with Crippen molar-refractivity contribution in [2.45, 2.75) is 38.8 Å². The third-order valence-corrected chi connectivity index (χ3v) is 4.53. The van der Waals surface area contributed by atoms with Crippen molar-refractivity contribution in [1.82, 2.24) is 9.80 Å². The molecule has 1 fully saturated rings. The molecule has 1 saturated heterocycles. The molecule has 0 aromatic heterocycles. The van der Waals surface area contributed by atoms with Gasteiger partial charge in [-0.25, -0.2) is 0 Å². The van der Waals surface area contributed by atoms with Crippen LogP contribution >= 0.6 is 0 Å². The molecule has 1 aromatic rings. The van der Waals surface area contributed by atoms with E-state index in [0.29, 0.717) is 12.6 Å². The first-order valence-electron chi connectivity index (χ1n) is 7.77. The largest absolute Gasteiger partial charge is 0.338 e. The van der Waals surface area contributed by atoms with Crippen molar-refractivity contribution in [2.75, 3.05) is 26.7 Å². The zero-order valence-electron chi connectivity index (χ0n) is 13.4. The molecule has 0 bridgehead atoms. The van der Waals surface area contributed by atoms with Crippen LogP contribution in [0.4, 0.5) is 0 Å². The first-order chi connectivity index (χ1) is 9.97. The summed E-state index contributed by atoms with van der Waals surface area (Å²) in [5.41, 5.74) is 8.32. The van der Waals surface area contributed by atoms with Gasteiger partial charge in [0.25, 0.3) is 0 Å². The molecule has 1 unspecified atom stereocenters. The molecule has 0 spiro atoms. The first kappa shape index (κ1) is 16.0. The number of amides is 1. The van der Waals surface area contributed by atoms with E-state index in [4.69, 9.17) is 5.73 Å². The molecule has 1 heterocycles. The van der Waals surface area contributed by atoms with Gasteiger partial charge in [0.05, 0.1) is 12.6 Å². The van der Waals surface area contributed by atoms with Crippen LogP contribution in [0.2, 0.25) is 0 Å². The van der Waals surface area contributed by atoms with Gasteiger partial charge in [-0.15, -0.1) is 0 Å². The molecule has 1 atom stereocenters. The Kier molecular flexibility index (Phi) is 5.37. The highest BCUT2D eigenvalue weighted by Gasteiger charge is 2.22. The van der Waals surface area contributed by atoms with Crippen LogP contribution in [0.1, 0.15) is 36.9 Å². The number of aryl methyl sites for hydroxylation is 1. The third-order valence-electron chi connectivity index (χ3n) is 4.53. The lowest BCUT2D eigenvalue weighted by molar-refractivity contribution is -0.133. The topological polar surface area (TPSA) is 49.6 Å². The quantitative estimate of drug-likeness (QED) is 0.921. The molecule has 4 nitrogen and oxygen atoms in total. The molecule has 116 valence electrons. The molecule has 0 saturated carbocycles. The standard InChI is InChI=1S/C17H27N3O/c1-13-4-6-15(7-5-13)14(2)19(3)17(21)12-20-10-8-16(18)9-11-20/h4-7,14,16H,8-12,18H2,1-3H3.